The van der Waals surface area contributed by atoms with Crippen LogP contribution >= 0.6 is 31.9 Å². The summed E-state index contributed by atoms with van der Waals surface area (Å²) >= 11 is 6.78. The van der Waals surface area contributed by atoms with E-state index in [0.717, 1.165) is 25.4 Å². The SMILES string of the molecule is Cc1nc2ccc(Br)cc2c(-c2ccccc2)c1S(C)(=O)=O.Nc1ccc(Br)cc1C(=O)c1ccccc1. The van der Waals surface area contributed by atoms with Gasteiger partial charge in [0.1, 0.15) is 0 Å². The average Bonchev–Trinajstić information content (AvgIpc) is 2.90. The number of pyridine rings is 1. The first-order valence-electron chi connectivity index (χ1n) is 11.6. The first-order valence-corrected chi connectivity index (χ1v) is 15.0. The molecule has 0 amide bonds. The van der Waals surface area contributed by atoms with Crippen LogP contribution in [-0.4, -0.2) is 25.4 Å². The van der Waals surface area contributed by atoms with E-state index in [-0.39, 0.29) is 5.78 Å². The summed E-state index contributed by atoms with van der Waals surface area (Å²) in [6.45, 7) is 1.74. The van der Waals surface area contributed by atoms with Crippen LogP contribution in [0.1, 0.15) is 21.6 Å². The topological polar surface area (TPSA) is 90.1 Å². The quantitative estimate of drug-likeness (QED) is 0.159. The molecule has 0 saturated carbocycles. The number of aromatic nitrogens is 1. The molecular weight excluding hydrogens is 628 g/mol. The Kier molecular flexibility index (Phi) is 8.45. The van der Waals surface area contributed by atoms with Crippen LogP contribution in [0.15, 0.2) is 111 Å². The zero-order valence-electron chi connectivity index (χ0n) is 20.7. The molecule has 0 unspecified atom stereocenters. The van der Waals surface area contributed by atoms with Crippen molar-refractivity contribution in [3.8, 4) is 11.1 Å². The first-order chi connectivity index (χ1) is 18.1. The van der Waals surface area contributed by atoms with Gasteiger partial charge in [-0.1, -0.05) is 92.5 Å². The van der Waals surface area contributed by atoms with Gasteiger partial charge < -0.3 is 5.73 Å². The summed E-state index contributed by atoms with van der Waals surface area (Å²) in [5.74, 6) is -0.0561. The molecule has 5 rings (SSSR count). The van der Waals surface area contributed by atoms with Gasteiger partial charge in [0, 0.05) is 43.0 Å². The Bertz CT molecular complexity index is 1740. The third kappa shape index (κ3) is 6.20. The highest BCUT2D eigenvalue weighted by atomic mass is 79.9. The molecule has 5 nitrogen and oxygen atoms in total. The van der Waals surface area contributed by atoms with Gasteiger partial charge in [-0.05, 0) is 48.9 Å². The van der Waals surface area contributed by atoms with Crippen molar-refractivity contribution < 1.29 is 13.2 Å². The van der Waals surface area contributed by atoms with Crippen LogP contribution in [0.2, 0.25) is 0 Å². The van der Waals surface area contributed by atoms with Gasteiger partial charge in [0.2, 0.25) is 0 Å². The van der Waals surface area contributed by atoms with Gasteiger partial charge in [-0.25, -0.2) is 8.42 Å². The Morgan fingerprint density at radius 3 is 2.03 bits per heavy atom. The number of nitrogens with two attached hydrogens (primary N) is 1. The minimum absolute atomic E-state index is 0.0561. The molecule has 2 N–H and O–H groups in total. The summed E-state index contributed by atoms with van der Waals surface area (Å²) in [5.41, 5.74) is 10.4. The van der Waals surface area contributed by atoms with Crippen LogP contribution in [0.5, 0.6) is 0 Å². The maximum absolute atomic E-state index is 12.3. The molecule has 0 aliphatic heterocycles. The molecule has 0 saturated heterocycles. The lowest BCUT2D eigenvalue weighted by molar-refractivity contribution is 0.103. The average molecular weight is 652 g/mol. The van der Waals surface area contributed by atoms with E-state index in [1.54, 1.807) is 31.2 Å². The smallest absolute Gasteiger partial charge is 0.195 e. The third-order valence-corrected chi connectivity index (χ3v) is 8.03. The van der Waals surface area contributed by atoms with Gasteiger partial charge in [-0.15, -0.1) is 0 Å². The van der Waals surface area contributed by atoms with Crippen molar-refractivity contribution in [3.05, 3.63) is 123 Å². The fourth-order valence-electron chi connectivity index (χ4n) is 4.16. The maximum atomic E-state index is 12.3. The van der Waals surface area contributed by atoms with Crippen molar-refractivity contribution in [2.24, 2.45) is 0 Å². The normalized spacial score (nSPS) is 11.1. The number of carbonyl (C=O) groups excluding carboxylic acids is 1. The molecule has 0 radical (unpaired) electrons. The second kappa shape index (κ2) is 11.6. The Labute approximate surface area is 238 Å². The molecule has 0 aliphatic carbocycles. The lowest BCUT2D eigenvalue weighted by Crippen LogP contribution is -2.06. The second-order valence-electron chi connectivity index (χ2n) is 8.63. The zero-order valence-corrected chi connectivity index (χ0v) is 24.6. The maximum Gasteiger partial charge on any atom is 0.195 e. The molecule has 8 heteroatoms. The first kappa shape index (κ1) is 27.7. The molecule has 38 heavy (non-hydrogen) atoms. The van der Waals surface area contributed by atoms with Crippen LogP contribution in [0.4, 0.5) is 5.69 Å². The van der Waals surface area contributed by atoms with E-state index in [1.807, 2.05) is 72.8 Å². The molecule has 0 bridgehead atoms. The number of fused-ring (bicyclic) bond motifs is 1. The standard InChI is InChI=1S/C17H14BrNO2S.C13H10BrNO/c1-11-17(22(2,20)21)16(12-6-4-3-5-7-12)14-10-13(18)8-9-15(14)19-11;14-10-6-7-12(15)11(8-10)13(16)9-4-2-1-3-5-9/h3-10H,1-2H3;1-8H,15H2. The summed E-state index contributed by atoms with van der Waals surface area (Å²) in [6.07, 6.45) is 1.23. The van der Waals surface area contributed by atoms with Gasteiger partial charge in [0.05, 0.1) is 16.1 Å². The molecule has 4 aromatic carbocycles. The van der Waals surface area contributed by atoms with E-state index >= 15 is 0 Å². The number of halogens is 2. The van der Waals surface area contributed by atoms with Crippen LogP contribution in [0.25, 0.3) is 22.0 Å². The lowest BCUT2D eigenvalue weighted by Gasteiger charge is -2.14. The van der Waals surface area contributed by atoms with Crippen LogP contribution < -0.4 is 5.73 Å². The predicted molar refractivity (Wildman–Crippen MR) is 161 cm³/mol. The summed E-state index contributed by atoms with van der Waals surface area (Å²) < 4.78 is 26.4. The van der Waals surface area contributed by atoms with Crippen LogP contribution in [-0.2, 0) is 9.84 Å². The van der Waals surface area contributed by atoms with E-state index in [9.17, 15) is 13.2 Å². The highest BCUT2D eigenvalue weighted by Gasteiger charge is 2.22. The number of aryl methyl sites for hydroxylation is 1. The molecule has 5 aromatic rings. The zero-order chi connectivity index (χ0) is 27.4. The number of ketones is 1. The van der Waals surface area contributed by atoms with Crippen molar-refractivity contribution >= 4 is 64.1 Å². The minimum atomic E-state index is -3.39. The number of nitrogen functional groups attached to an aromatic ring is 1. The number of rotatable bonds is 4. The highest BCUT2D eigenvalue weighted by Crippen LogP contribution is 2.36. The Balaban J connectivity index is 0.000000186. The van der Waals surface area contributed by atoms with E-state index in [1.165, 1.54) is 6.26 Å². The van der Waals surface area contributed by atoms with E-state index in [4.69, 9.17) is 5.73 Å². The molecule has 192 valence electrons. The summed E-state index contributed by atoms with van der Waals surface area (Å²) in [4.78, 5) is 16.9. The van der Waals surface area contributed by atoms with Gasteiger partial charge >= 0.3 is 0 Å². The lowest BCUT2D eigenvalue weighted by atomic mass is 10.00. The van der Waals surface area contributed by atoms with Gasteiger partial charge in [-0.2, -0.15) is 0 Å². The third-order valence-electron chi connectivity index (χ3n) is 5.80. The van der Waals surface area contributed by atoms with E-state index < -0.39 is 9.84 Å². The monoisotopic (exact) mass is 650 g/mol. The fraction of sp³-hybridized carbons (Fsp3) is 0.0667. The van der Waals surface area contributed by atoms with Crippen molar-refractivity contribution in [3.63, 3.8) is 0 Å². The van der Waals surface area contributed by atoms with Crippen molar-refractivity contribution in [2.45, 2.75) is 11.8 Å². The van der Waals surface area contributed by atoms with Crippen molar-refractivity contribution in [1.29, 1.82) is 0 Å². The van der Waals surface area contributed by atoms with Crippen molar-refractivity contribution in [2.75, 3.05) is 12.0 Å². The van der Waals surface area contributed by atoms with Crippen LogP contribution in [0.3, 0.4) is 0 Å². The summed E-state index contributed by atoms with van der Waals surface area (Å²) in [6, 6.07) is 29.7. The van der Waals surface area contributed by atoms with Crippen molar-refractivity contribution in [1.82, 2.24) is 4.98 Å². The van der Waals surface area contributed by atoms with Crippen LogP contribution in [0, 0.1) is 6.92 Å². The van der Waals surface area contributed by atoms with E-state index in [0.29, 0.717) is 33.0 Å². The summed E-state index contributed by atoms with van der Waals surface area (Å²) in [7, 11) is -3.39. The Morgan fingerprint density at radius 1 is 0.816 bits per heavy atom. The molecule has 0 aliphatic rings. The molecule has 1 heterocycles. The molecule has 0 atom stereocenters. The molecule has 1 aromatic heterocycles. The van der Waals surface area contributed by atoms with E-state index in [2.05, 4.69) is 36.8 Å². The summed E-state index contributed by atoms with van der Waals surface area (Å²) in [5, 5.41) is 0.826. The molecular formula is C30H24Br2N2O3S. The molecule has 0 fully saturated rings. The Morgan fingerprint density at radius 2 is 1.39 bits per heavy atom. The Hall–Kier alpha value is -3.33. The van der Waals surface area contributed by atoms with Gasteiger partial charge in [0.15, 0.2) is 15.6 Å². The van der Waals surface area contributed by atoms with Gasteiger partial charge in [-0.3, -0.25) is 9.78 Å². The fourth-order valence-corrected chi connectivity index (χ4v) is 6.06. The van der Waals surface area contributed by atoms with Gasteiger partial charge in [0.25, 0.3) is 0 Å². The molecule has 0 spiro atoms. The highest BCUT2D eigenvalue weighted by molar-refractivity contribution is 9.10. The number of benzene rings is 4. The number of hydrogen-bond acceptors (Lipinski definition) is 5. The predicted octanol–water partition coefficient (Wildman–Crippen LogP) is 7.64. The number of carbonyl (C=O) groups is 1. The second-order valence-corrected chi connectivity index (χ2v) is 12.4. The number of nitrogens with zero attached hydrogens (tertiary/aromatic N) is 1. The number of sulfone groups is 1. The number of anilines is 1. The largest absolute Gasteiger partial charge is 0.398 e. The minimum Gasteiger partial charge on any atom is -0.398 e. The number of hydrogen-bond donors (Lipinski definition) is 1.